The molecule has 0 fully saturated rings. The summed E-state index contributed by atoms with van der Waals surface area (Å²) in [5.74, 6) is -3.12. The smallest absolute Gasteiger partial charge is 0.299 e. The van der Waals surface area contributed by atoms with Crippen molar-refractivity contribution in [1.82, 2.24) is 0 Å². The number of halogens is 5. The maximum atomic E-state index is 12.2. The van der Waals surface area contributed by atoms with Crippen LogP contribution in [0.15, 0.2) is 0 Å². The first-order valence-electron chi connectivity index (χ1n) is 3.08. The van der Waals surface area contributed by atoms with E-state index < -0.39 is 32.8 Å². The van der Waals surface area contributed by atoms with E-state index in [2.05, 4.69) is 0 Å². The van der Waals surface area contributed by atoms with E-state index >= 15 is 0 Å². The van der Waals surface area contributed by atoms with Crippen molar-refractivity contribution in [3.63, 3.8) is 0 Å². The summed E-state index contributed by atoms with van der Waals surface area (Å²) >= 11 is 0. The molecule has 0 aromatic heterocycles. The second-order valence-electron chi connectivity index (χ2n) is 2.48. The van der Waals surface area contributed by atoms with E-state index in [0.29, 0.717) is 6.92 Å². The average molecular weight is 240 g/mol. The molecular formula is C5H5F5O3S. The van der Waals surface area contributed by atoms with E-state index in [1.807, 2.05) is 0 Å². The molecule has 9 heteroatoms. The van der Waals surface area contributed by atoms with E-state index in [1.54, 1.807) is 0 Å². The van der Waals surface area contributed by atoms with Gasteiger partial charge in [0.25, 0.3) is 0 Å². The normalized spacial score (nSPS) is 14.1. The molecule has 14 heavy (non-hydrogen) atoms. The van der Waals surface area contributed by atoms with Gasteiger partial charge in [-0.05, 0) is 6.92 Å². The molecule has 0 saturated carbocycles. The Morgan fingerprint density at radius 2 is 1.50 bits per heavy atom. The first-order valence-corrected chi connectivity index (χ1v) is 4.73. The van der Waals surface area contributed by atoms with Gasteiger partial charge in [0, 0.05) is 0 Å². The fourth-order valence-corrected chi connectivity index (χ4v) is 1.60. The van der Waals surface area contributed by atoms with Gasteiger partial charge in [0.15, 0.2) is 0 Å². The van der Waals surface area contributed by atoms with Crippen molar-refractivity contribution in [3.05, 3.63) is 0 Å². The lowest BCUT2D eigenvalue weighted by Crippen LogP contribution is -2.46. The van der Waals surface area contributed by atoms with Crippen molar-refractivity contribution in [2.75, 3.05) is 5.75 Å². The molecule has 0 radical (unpaired) electrons. The molecule has 0 atom stereocenters. The number of alkyl halides is 5. The fourth-order valence-electron chi connectivity index (χ4n) is 0.535. The summed E-state index contributed by atoms with van der Waals surface area (Å²) in [6.45, 7) is 0.601. The SMILES string of the molecule is CC(=O)CS(=O)(=O)C(F)(F)C(F)(F)F. The van der Waals surface area contributed by atoms with Gasteiger partial charge in [-0.2, -0.15) is 22.0 Å². The Morgan fingerprint density at radius 1 is 1.14 bits per heavy atom. The van der Waals surface area contributed by atoms with Crippen LogP contribution in [0, 0.1) is 0 Å². The second kappa shape index (κ2) is 3.44. The quantitative estimate of drug-likeness (QED) is 0.695. The van der Waals surface area contributed by atoms with Crippen LogP contribution < -0.4 is 0 Å². The van der Waals surface area contributed by atoms with E-state index in [4.69, 9.17) is 0 Å². The highest BCUT2D eigenvalue weighted by molar-refractivity contribution is 7.93. The Labute approximate surface area is 75.8 Å². The second-order valence-corrected chi connectivity index (χ2v) is 4.51. The minimum Gasteiger partial charge on any atom is -0.299 e. The molecule has 0 aromatic carbocycles. The van der Waals surface area contributed by atoms with Gasteiger partial charge >= 0.3 is 11.4 Å². The summed E-state index contributed by atoms with van der Waals surface area (Å²) in [4.78, 5) is 10.2. The molecule has 0 unspecified atom stereocenters. The first-order chi connectivity index (χ1) is 5.92. The van der Waals surface area contributed by atoms with E-state index in [0.717, 1.165) is 0 Å². The summed E-state index contributed by atoms with van der Waals surface area (Å²) in [5, 5.41) is -5.88. The van der Waals surface area contributed by atoms with E-state index in [-0.39, 0.29) is 0 Å². The largest absolute Gasteiger partial charge is 0.469 e. The number of hydrogen-bond donors (Lipinski definition) is 0. The third kappa shape index (κ3) is 2.40. The summed E-state index contributed by atoms with van der Waals surface area (Å²) in [6, 6.07) is 0. The minimum atomic E-state index is -6.21. The van der Waals surface area contributed by atoms with Gasteiger partial charge in [-0.1, -0.05) is 0 Å². The lowest BCUT2D eigenvalue weighted by molar-refractivity contribution is -0.241. The third-order valence-corrected chi connectivity index (χ3v) is 2.91. The molecular weight excluding hydrogens is 235 g/mol. The lowest BCUT2D eigenvalue weighted by atomic mass is 10.5. The molecule has 0 aliphatic heterocycles. The van der Waals surface area contributed by atoms with Crippen LogP contribution in [0.2, 0.25) is 0 Å². The molecule has 0 aromatic rings. The number of ketones is 1. The summed E-state index contributed by atoms with van der Waals surface area (Å²) in [5.41, 5.74) is 0. The van der Waals surface area contributed by atoms with Crippen LogP contribution in [0.1, 0.15) is 6.92 Å². The fraction of sp³-hybridized carbons (Fsp3) is 0.800. The summed E-state index contributed by atoms with van der Waals surface area (Å²) in [6.07, 6.45) is -6.21. The predicted molar refractivity (Wildman–Crippen MR) is 35.5 cm³/mol. The highest BCUT2D eigenvalue weighted by Gasteiger charge is 2.66. The number of rotatable bonds is 3. The summed E-state index contributed by atoms with van der Waals surface area (Å²) in [7, 11) is -5.82. The number of carbonyl (C=O) groups excluding carboxylic acids is 1. The van der Waals surface area contributed by atoms with Crippen LogP contribution in [0.4, 0.5) is 22.0 Å². The molecule has 0 aliphatic rings. The van der Waals surface area contributed by atoms with Crippen LogP contribution in [0.3, 0.4) is 0 Å². The predicted octanol–water partition coefficient (Wildman–Crippen LogP) is 1.15. The van der Waals surface area contributed by atoms with Gasteiger partial charge < -0.3 is 0 Å². The molecule has 84 valence electrons. The number of Topliss-reactive ketones (excluding diaryl/α,β-unsaturated/α-hetero) is 1. The molecule has 0 amide bonds. The number of hydrogen-bond acceptors (Lipinski definition) is 3. The van der Waals surface area contributed by atoms with E-state index in [1.165, 1.54) is 0 Å². The molecule has 3 nitrogen and oxygen atoms in total. The van der Waals surface area contributed by atoms with Crippen LogP contribution >= 0.6 is 0 Å². The molecule has 0 aliphatic carbocycles. The van der Waals surface area contributed by atoms with Crippen LogP contribution in [-0.4, -0.2) is 31.4 Å². The zero-order valence-electron chi connectivity index (χ0n) is 6.73. The van der Waals surface area contributed by atoms with Crippen LogP contribution in [0.25, 0.3) is 0 Å². The Hall–Kier alpha value is -0.730. The zero-order valence-corrected chi connectivity index (χ0v) is 7.55. The van der Waals surface area contributed by atoms with Crippen molar-refractivity contribution in [3.8, 4) is 0 Å². The van der Waals surface area contributed by atoms with Crippen molar-refractivity contribution >= 4 is 15.6 Å². The number of carbonyl (C=O) groups is 1. The first kappa shape index (κ1) is 13.3. The van der Waals surface area contributed by atoms with Gasteiger partial charge in [-0.25, -0.2) is 8.42 Å². The van der Waals surface area contributed by atoms with Crippen LogP contribution in [0.5, 0.6) is 0 Å². The topological polar surface area (TPSA) is 51.2 Å². The minimum absolute atomic E-state index is 0.601. The Kier molecular flexibility index (Phi) is 3.27. The van der Waals surface area contributed by atoms with Crippen LogP contribution in [-0.2, 0) is 14.6 Å². The molecule has 0 spiro atoms. The average Bonchev–Trinajstić information content (AvgIpc) is 1.80. The van der Waals surface area contributed by atoms with Gasteiger partial charge in [0.2, 0.25) is 9.84 Å². The third-order valence-electron chi connectivity index (χ3n) is 1.11. The zero-order chi connectivity index (χ0) is 11.8. The molecule has 0 saturated heterocycles. The maximum absolute atomic E-state index is 12.2. The standard InChI is InChI=1S/C5H5F5O3S/c1-3(11)2-14(12,13)5(9,10)4(6,7)8/h2H2,1H3. The van der Waals surface area contributed by atoms with E-state index in [9.17, 15) is 35.2 Å². The Balaban J connectivity index is 5.20. The Morgan fingerprint density at radius 3 is 1.71 bits per heavy atom. The van der Waals surface area contributed by atoms with Gasteiger partial charge in [-0.3, -0.25) is 4.79 Å². The molecule has 0 heterocycles. The summed E-state index contributed by atoms with van der Waals surface area (Å²) < 4.78 is 79.9. The Bertz CT molecular complexity index is 328. The highest BCUT2D eigenvalue weighted by Crippen LogP contribution is 2.40. The van der Waals surface area contributed by atoms with Gasteiger partial charge in [0.05, 0.1) is 0 Å². The monoisotopic (exact) mass is 240 g/mol. The maximum Gasteiger partial charge on any atom is 0.469 e. The van der Waals surface area contributed by atoms with Gasteiger partial charge in [-0.15, -0.1) is 0 Å². The van der Waals surface area contributed by atoms with Gasteiger partial charge in [0.1, 0.15) is 11.5 Å². The molecule has 0 N–H and O–H groups in total. The van der Waals surface area contributed by atoms with Crippen molar-refractivity contribution in [2.24, 2.45) is 0 Å². The highest BCUT2D eigenvalue weighted by atomic mass is 32.2. The lowest BCUT2D eigenvalue weighted by Gasteiger charge is -2.18. The van der Waals surface area contributed by atoms with Crippen molar-refractivity contribution in [2.45, 2.75) is 18.4 Å². The van der Waals surface area contributed by atoms with Crippen molar-refractivity contribution in [1.29, 1.82) is 0 Å². The molecule has 0 bridgehead atoms. The van der Waals surface area contributed by atoms with Crippen molar-refractivity contribution < 1.29 is 35.2 Å². The number of sulfone groups is 1. The molecule has 0 rings (SSSR count).